The predicted molar refractivity (Wildman–Crippen MR) is 75.6 cm³/mol. The van der Waals surface area contributed by atoms with Crippen LogP contribution in [0.15, 0.2) is 41.1 Å². The Balaban J connectivity index is 2.38. The fourth-order valence-corrected chi connectivity index (χ4v) is 2.11. The highest BCUT2D eigenvalue weighted by Crippen LogP contribution is 2.35. The molecule has 2 rings (SSSR count). The fourth-order valence-electron chi connectivity index (χ4n) is 1.18. The minimum Gasteiger partial charge on any atom is -0.453 e. The Morgan fingerprint density at radius 1 is 1.25 bits per heavy atom. The molecule has 16 heavy (non-hydrogen) atoms. The molecule has 0 saturated carbocycles. The fraction of sp³-hybridized carbons (Fsp3) is 0. The topological polar surface area (TPSA) is 48.1 Å². The molecule has 0 aliphatic rings. The van der Waals surface area contributed by atoms with Gasteiger partial charge in [0.1, 0.15) is 5.75 Å². The van der Waals surface area contributed by atoms with Crippen LogP contribution in [0.25, 0.3) is 0 Å². The maximum Gasteiger partial charge on any atom is 0.167 e. The molecule has 0 bridgehead atoms. The van der Waals surface area contributed by atoms with Crippen LogP contribution in [0.4, 0.5) is 5.69 Å². The SMILES string of the molecule is Nc1cncc(Br)c1Oc1ccccc1I. The van der Waals surface area contributed by atoms with Crippen LogP contribution in [0.5, 0.6) is 11.5 Å². The molecule has 1 aromatic carbocycles. The van der Waals surface area contributed by atoms with Crippen molar-refractivity contribution in [1.82, 2.24) is 4.98 Å². The van der Waals surface area contributed by atoms with Gasteiger partial charge in [0, 0.05) is 6.20 Å². The van der Waals surface area contributed by atoms with Gasteiger partial charge in [-0.25, -0.2) is 0 Å². The second kappa shape index (κ2) is 5.01. The molecule has 0 aliphatic heterocycles. The summed E-state index contributed by atoms with van der Waals surface area (Å²) in [6.45, 7) is 0. The zero-order chi connectivity index (χ0) is 11.5. The Kier molecular flexibility index (Phi) is 3.65. The van der Waals surface area contributed by atoms with E-state index < -0.39 is 0 Å². The van der Waals surface area contributed by atoms with E-state index in [0.29, 0.717) is 11.4 Å². The molecular weight excluding hydrogens is 383 g/mol. The van der Waals surface area contributed by atoms with Crippen LogP contribution < -0.4 is 10.5 Å². The van der Waals surface area contributed by atoms with Crippen molar-refractivity contribution in [3.05, 3.63) is 44.7 Å². The molecule has 0 spiro atoms. The number of benzene rings is 1. The van der Waals surface area contributed by atoms with Gasteiger partial charge in [-0.3, -0.25) is 4.98 Å². The molecule has 0 atom stereocenters. The number of aromatic nitrogens is 1. The third-order valence-corrected chi connectivity index (χ3v) is 3.39. The number of ether oxygens (including phenoxy) is 1. The van der Waals surface area contributed by atoms with Gasteiger partial charge < -0.3 is 10.5 Å². The molecule has 1 heterocycles. The Morgan fingerprint density at radius 2 is 2.00 bits per heavy atom. The van der Waals surface area contributed by atoms with Gasteiger partial charge in [0.25, 0.3) is 0 Å². The molecule has 3 nitrogen and oxygen atoms in total. The number of rotatable bonds is 2. The number of nitrogen functional groups attached to an aromatic ring is 1. The zero-order valence-corrected chi connectivity index (χ0v) is 11.9. The van der Waals surface area contributed by atoms with E-state index in [1.54, 1.807) is 12.4 Å². The maximum atomic E-state index is 5.80. The van der Waals surface area contributed by atoms with E-state index in [9.17, 15) is 0 Å². The van der Waals surface area contributed by atoms with Crippen LogP contribution in [0, 0.1) is 3.57 Å². The first kappa shape index (κ1) is 11.7. The van der Waals surface area contributed by atoms with Crippen LogP contribution in [0.3, 0.4) is 0 Å². The van der Waals surface area contributed by atoms with Crippen molar-refractivity contribution < 1.29 is 4.74 Å². The number of nitrogens with two attached hydrogens (primary N) is 1. The average Bonchev–Trinajstić information content (AvgIpc) is 2.26. The molecule has 0 amide bonds. The van der Waals surface area contributed by atoms with Crippen molar-refractivity contribution in [3.63, 3.8) is 0 Å². The minimum absolute atomic E-state index is 0.508. The molecule has 2 N–H and O–H groups in total. The van der Waals surface area contributed by atoms with Gasteiger partial charge in [-0.2, -0.15) is 0 Å². The number of para-hydroxylation sites is 1. The van der Waals surface area contributed by atoms with Crippen molar-refractivity contribution in [1.29, 1.82) is 0 Å². The van der Waals surface area contributed by atoms with Gasteiger partial charge >= 0.3 is 0 Å². The van der Waals surface area contributed by atoms with E-state index in [2.05, 4.69) is 43.5 Å². The predicted octanol–water partition coefficient (Wildman–Crippen LogP) is 3.82. The van der Waals surface area contributed by atoms with Gasteiger partial charge in [-0.15, -0.1) is 0 Å². The van der Waals surface area contributed by atoms with E-state index in [1.165, 1.54) is 0 Å². The van der Waals surface area contributed by atoms with Gasteiger partial charge in [-0.05, 0) is 50.7 Å². The number of pyridine rings is 1. The van der Waals surface area contributed by atoms with Crippen molar-refractivity contribution >= 4 is 44.2 Å². The first-order valence-electron chi connectivity index (χ1n) is 4.50. The number of halogens is 2. The molecule has 0 aliphatic carbocycles. The summed E-state index contributed by atoms with van der Waals surface area (Å²) in [5.41, 5.74) is 6.31. The minimum atomic E-state index is 0.508. The molecule has 0 fully saturated rings. The van der Waals surface area contributed by atoms with Crippen molar-refractivity contribution in [2.24, 2.45) is 0 Å². The van der Waals surface area contributed by atoms with Gasteiger partial charge in [0.15, 0.2) is 5.75 Å². The Morgan fingerprint density at radius 3 is 2.69 bits per heavy atom. The Hall–Kier alpha value is -0.820. The van der Waals surface area contributed by atoms with Crippen molar-refractivity contribution in [3.8, 4) is 11.5 Å². The van der Waals surface area contributed by atoms with Crippen molar-refractivity contribution in [2.45, 2.75) is 0 Å². The quantitative estimate of drug-likeness (QED) is 0.793. The number of nitrogens with zero attached hydrogens (tertiary/aromatic N) is 1. The highest BCUT2D eigenvalue weighted by molar-refractivity contribution is 14.1. The summed E-state index contributed by atoms with van der Waals surface area (Å²) in [7, 11) is 0. The Labute approximate surface area is 115 Å². The third kappa shape index (κ3) is 2.46. The van der Waals surface area contributed by atoms with Crippen LogP contribution in [-0.2, 0) is 0 Å². The van der Waals surface area contributed by atoms with Crippen LogP contribution in [0.1, 0.15) is 0 Å². The van der Waals surface area contributed by atoms with Crippen LogP contribution >= 0.6 is 38.5 Å². The molecule has 2 aromatic rings. The average molecular weight is 391 g/mol. The highest BCUT2D eigenvalue weighted by Gasteiger charge is 2.09. The van der Waals surface area contributed by atoms with Gasteiger partial charge in [0.2, 0.25) is 0 Å². The first-order valence-corrected chi connectivity index (χ1v) is 6.37. The number of anilines is 1. The zero-order valence-electron chi connectivity index (χ0n) is 8.15. The lowest BCUT2D eigenvalue weighted by Gasteiger charge is -2.10. The molecular formula is C11H8BrIN2O. The first-order chi connectivity index (χ1) is 7.68. The summed E-state index contributed by atoms with van der Waals surface area (Å²) in [6, 6.07) is 7.75. The lowest BCUT2D eigenvalue weighted by molar-refractivity contribution is 0.478. The van der Waals surface area contributed by atoms with Gasteiger partial charge in [-0.1, -0.05) is 12.1 Å². The number of hydrogen-bond acceptors (Lipinski definition) is 3. The van der Waals surface area contributed by atoms with Crippen LogP contribution in [0.2, 0.25) is 0 Å². The molecule has 0 saturated heterocycles. The van der Waals surface area contributed by atoms with E-state index >= 15 is 0 Å². The lowest BCUT2D eigenvalue weighted by atomic mass is 10.3. The largest absolute Gasteiger partial charge is 0.453 e. The second-order valence-corrected chi connectivity index (χ2v) is 5.09. The Bertz CT molecular complexity index is 499. The molecule has 1 aromatic heterocycles. The smallest absolute Gasteiger partial charge is 0.167 e. The standard InChI is InChI=1S/C11H8BrIN2O/c12-7-5-15-6-9(14)11(7)16-10-4-2-1-3-8(10)13/h1-6H,14H2. The molecule has 82 valence electrons. The van der Waals surface area contributed by atoms with E-state index in [4.69, 9.17) is 10.5 Å². The summed E-state index contributed by atoms with van der Waals surface area (Å²) in [6.07, 6.45) is 3.22. The van der Waals surface area contributed by atoms with E-state index in [1.807, 2.05) is 24.3 Å². The summed E-state index contributed by atoms with van der Waals surface area (Å²) in [5.74, 6) is 1.38. The van der Waals surface area contributed by atoms with Crippen LogP contribution in [-0.4, -0.2) is 4.98 Å². The van der Waals surface area contributed by atoms with Crippen molar-refractivity contribution in [2.75, 3.05) is 5.73 Å². The normalized spacial score (nSPS) is 10.1. The summed E-state index contributed by atoms with van der Waals surface area (Å²) in [5, 5.41) is 0. The molecule has 5 heteroatoms. The summed E-state index contributed by atoms with van der Waals surface area (Å²) in [4.78, 5) is 3.95. The summed E-state index contributed by atoms with van der Waals surface area (Å²) < 4.78 is 7.52. The lowest BCUT2D eigenvalue weighted by Crippen LogP contribution is -1.95. The molecule has 0 radical (unpaired) electrons. The second-order valence-electron chi connectivity index (χ2n) is 3.07. The number of hydrogen-bond donors (Lipinski definition) is 1. The van der Waals surface area contributed by atoms with E-state index in [-0.39, 0.29) is 0 Å². The van der Waals surface area contributed by atoms with E-state index in [0.717, 1.165) is 13.8 Å². The summed E-state index contributed by atoms with van der Waals surface area (Å²) >= 11 is 5.57. The van der Waals surface area contributed by atoms with Gasteiger partial charge in [0.05, 0.1) is 19.9 Å². The third-order valence-electron chi connectivity index (χ3n) is 1.93. The highest BCUT2D eigenvalue weighted by atomic mass is 127. The molecule has 0 unspecified atom stereocenters. The maximum absolute atomic E-state index is 5.80. The monoisotopic (exact) mass is 390 g/mol.